The Morgan fingerprint density at radius 3 is 2.68 bits per heavy atom. The van der Waals surface area contributed by atoms with Crippen molar-refractivity contribution in [3.05, 3.63) is 42.3 Å². The number of aryl methyl sites for hydroxylation is 3. The summed E-state index contributed by atoms with van der Waals surface area (Å²) in [5, 5.41) is 15.8. The topological polar surface area (TPSA) is 63.2 Å². The molecule has 0 atom stereocenters. The summed E-state index contributed by atoms with van der Waals surface area (Å²) in [7, 11) is 5.71. The molecule has 98 valence electrons. The van der Waals surface area contributed by atoms with E-state index in [1.54, 1.807) is 0 Å². The quantitative estimate of drug-likeness (QED) is 0.257. The van der Waals surface area contributed by atoms with Gasteiger partial charge in [-0.05, 0) is 12.1 Å². The first kappa shape index (κ1) is 12.9. The van der Waals surface area contributed by atoms with Crippen LogP contribution in [0.2, 0.25) is 0 Å². The zero-order valence-electron chi connectivity index (χ0n) is 11.2. The van der Waals surface area contributed by atoms with Gasteiger partial charge in [-0.25, -0.2) is 9.13 Å². The summed E-state index contributed by atoms with van der Waals surface area (Å²) in [6.45, 7) is 0. The number of nitrogens with zero attached hydrogens (tertiary/aromatic N) is 7. The highest BCUT2D eigenvalue weighted by molar-refractivity contribution is 5.54. The molecule has 0 spiro atoms. The Kier molecular flexibility index (Phi) is 3.97. The van der Waals surface area contributed by atoms with Gasteiger partial charge in [0.15, 0.2) is 11.8 Å². The predicted molar refractivity (Wildman–Crippen MR) is 70.6 cm³/mol. The van der Waals surface area contributed by atoms with Gasteiger partial charge in [0.25, 0.3) is 0 Å². The van der Waals surface area contributed by atoms with Gasteiger partial charge in [0.1, 0.15) is 0 Å². The minimum absolute atomic E-state index is 0.733. The van der Waals surface area contributed by atoms with Crippen molar-refractivity contribution in [1.29, 1.82) is 0 Å². The van der Waals surface area contributed by atoms with E-state index >= 15 is 0 Å². The van der Waals surface area contributed by atoms with E-state index in [1.165, 1.54) is 6.34 Å². The maximum Gasteiger partial charge on any atom is 0.421 e. The second-order valence-electron chi connectivity index (χ2n) is 4.04. The lowest BCUT2D eigenvalue weighted by atomic mass is 10.5. The van der Waals surface area contributed by atoms with Crippen molar-refractivity contribution in [3.8, 4) is 0 Å². The highest BCUT2D eigenvalue weighted by Gasteiger charge is 2.09. The average Bonchev–Trinajstić information content (AvgIpc) is 2.72. The van der Waals surface area contributed by atoms with E-state index in [-0.39, 0.29) is 0 Å². The van der Waals surface area contributed by atoms with Crippen molar-refractivity contribution in [2.24, 2.45) is 41.6 Å². The van der Waals surface area contributed by atoms with Crippen LogP contribution in [0.1, 0.15) is 0 Å². The largest absolute Gasteiger partial charge is 0.421 e. The molecule has 2 heterocycles. The fourth-order valence-corrected chi connectivity index (χ4v) is 1.53. The minimum Gasteiger partial charge on any atom is -0.335 e. The van der Waals surface area contributed by atoms with Crippen molar-refractivity contribution in [1.82, 2.24) is 9.13 Å². The number of hydrogen-bond acceptors (Lipinski definition) is 3. The van der Waals surface area contributed by atoms with Crippen molar-refractivity contribution < 1.29 is 4.57 Å². The van der Waals surface area contributed by atoms with Gasteiger partial charge in [-0.15, -0.1) is 10.2 Å². The SMILES string of the molecule is Cn1cc[n+](C)c1N=NC=NN=c1ccccn1C. The predicted octanol–water partition coefficient (Wildman–Crippen LogP) is 0.816. The monoisotopic (exact) mass is 258 g/mol. The Hall–Kier alpha value is -2.57. The Balaban J connectivity index is 2.10. The molecule has 0 fully saturated rings. The Morgan fingerprint density at radius 2 is 2.00 bits per heavy atom. The molecule has 0 saturated heterocycles. The number of azo groups is 1. The Labute approximate surface area is 110 Å². The van der Waals surface area contributed by atoms with Crippen LogP contribution in [-0.2, 0) is 21.1 Å². The van der Waals surface area contributed by atoms with Crippen LogP contribution in [-0.4, -0.2) is 15.5 Å². The third kappa shape index (κ3) is 3.21. The van der Waals surface area contributed by atoms with Gasteiger partial charge in [0.2, 0.25) is 0 Å². The van der Waals surface area contributed by atoms with Gasteiger partial charge in [-0.1, -0.05) is 11.2 Å². The molecule has 7 heteroatoms. The molecule has 7 nitrogen and oxygen atoms in total. The second-order valence-corrected chi connectivity index (χ2v) is 4.04. The summed E-state index contributed by atoms with van der Waals surface area (Å²) in [5.74, 6) is 0.733. The summed E-state index contributed by atoms with van der Waals surface area (Å²) in [5.41, 5.74) is 0.748. The summed E-state index contributed by atoms with van der Waals surface area (Å²) in [6, 6.07) is 5.70. The Morgan fingerprint density at radius 1 is 1.16 bits per heavy atom. The molecule has 0 aliphatic heterocycles. The highest BCUT2D eigenvalue weighted by atomic mass is 15.3. The van der Waals surface area contributed by atoms with Crippen LogP contribution in [0.25, 0.3) is 0 Å². The van der Waals surface area contributed by atoms with Crippen LogP contribution in [0.5, 0.6) is 0 Å². The lowest BCUT2D eigenvalue weighted by Crippen LogP contribution is -2.25. The number of rotatable bonds is 3. The molecule has 0 N–H and O–H groups in total. The van der Waals surface area contributed by atoms with Crippen molar-refractivity contribution in [2.75, 3.05) is 0 Å². The summed E-state index contributed by atoms with van der Waals surface area (Å²) in [4.78, 5) is 0. The zero-order chi connectivity index (χ0) is 13.7. The minimum atomic E-state index is 0.733. The van der Waals surface area contributed by atoms with Gasteiger partial charge in [-0.3, -0.25) is 0 Å². The van der Waals surface area contributed by atoms with Gasteiger partial charge in [0, 0.05) is 18.4 Å². The molecule has 0 aromatic carbocycles. The smallest absolute Gasteiger partial charge is 0.335 e. The van der Waals surface area contributed by atoms with E-state index in [9.17, 15) is 0 Å². The molecule has 0 unspecified atom stereocenters. The van der Waals surface area contributed by atoms with Gasteiger partial charge >= 0.3 is 5.95 Å². The average molecular weight is 258 g/mol. The van der Waals surface area contributed by atoms with Crippen LogP contribution in [0.3, 0.4) is 0 Å². The molecular weight excluding hydrogens is 242 g/mol. The summed E-state index contributed by atoms with van der Waals surface area (Å²) >= 11 is 0. The first-order valence-electron chi connectivity index (χ1n) is 5.77. The van der Waals surface area contributed by atoms with Crippen LogP contribution < -0.4 is 10.1 Å². The molecule has 2 aromatic rings. The van der Waals surface area contributed by atoms with Gasteiger partial charge in [0.05, 0.1) is 26.5 Å². The lowest BCUT2D eigenvalue weighted by molar-refractivity contribution is -0.657. The maximum atomic E-state index is 4.05. The van der Waals surface area contributed by atoms with E-state index < -0.39 is 0 Å². The fraction of sp³-hybridized carbons (Fsp3) is 0.250. The van der Waals surface area contributed by atoms with Gasteiger partial charge < -0.3 is 4.57 Å². The molecule has 0 bridgehead atoms. The molecule has 2 aromatic heterocycles. The van der Waals surface area contributed by atoms with E-state index in [2.05, 4.69) is 20.4 Å². The molecule has 0 saturated carbocycles. The second kappa shape index (κ2) is 5.85. The normalized spacial score (nSPS) is 12.9. The van der Waals surface area contributed by atoms with E-state index in [0.717, 1.165) is 11.4 Å². The molecule has 2 rings (SSSR count). The maximum absolute atomic E-state index is 4.05. The summed E-state index contributed by atoms with van der Waals surface area (Å²) in [6.07, 6.45) is 7.03. The lowest BCUT2D eigenvalue weighted by Gasteiger charge is -1.94. The van der Waals surface area contributed by atoms with E-state index in [1.807, 2.05) is 71.6 Å². The summed E-state index contributed by atoms with van der Waals surface area (Å²) < 4.78 is 5.60. The van der Waals surface area contributed by atoms with Crippen LogP contribution in [0.15, 0.2) is 57.2 Å². The highest BCUT2D eigenvalue weighted by Crippen LogP contribution is 2.02. The van der Waals surface area contributed by atoms with Crippen LogP contribution in [0, 0.1) is 0 Å². The standard InChI is InChI=1S/C12H16N7/c1-17-7-5-4-6-11(17)15-13-10-14-16-12-18(2)8-9-19(12)3/h4-10H,1-3H3/q+1. The molecule has 0 radical (unpaired) electrons. The molecule has 19 heavy (non-hydrogen) atoms. The van der Waals surface area contributed by atoms with E-state index in [0.29, 0.717) is 0 Å². The third-order valence-corrected chi connectivity index (χ3v) is 2.58. The van der Waals surface area contributed by atoms with Crippen molar-refractivity contribution in [3.63, 3.8) is 0 Å². The number of imidazole rings is 1. The number of aromatic nitrogens is 3. The van der Waals surface area contributed by atoms with Crippen molar-refractivity contribution >= 4 is 12.3 Å². The van der Waals surface area contributed by atoms with Crippen LogP contribution >= 0.6 is 0 Å². The first-order chi connectivity index (χ1) is 9.18. The van der Waals surface area contributed by atoms with Crippen LogP contribution in [0.4, 0.5) is 5.95 Å². The molecule has 0 aliphatic carbocycles. The molecule has 0 aliphatic rings. The number of hydrogen-bond donors (Lipinski definition) is 0. The van der Waals surface area contributed by atoms with E-state index in [4.69, 9.17) is 0 Å². The molecular formula is C12H16N7+. The Bertz CT molecular complexity index is 656. The van der Waals surface area contributed by atoms with Gasteiger partial charge in [-0.2, -0.15) is 0 Å². The zero-order valence-corrected chi connectivity index (χ0v) is 11.2. The van der Waals surface area contributed by atoms with Crippen molar-refractivity contribution in [2.45, 2.75) is 0 Å². The number of pyridine rings is 1. The fourth-order valence-electron chi connectivity index (χ4n) is 1.53. The first-order valence-corrected chi connectivity index (χ1v) is 5.77. The third-order valence-electron chi connectivity index (χ3n) is 2.58. The molecule has 0 amide bonds.